The summed E-state index contributed by atoms with van der Waals surface area (Å²) in [6.45, 7) is -0.103. The van der Waals surface area contributed by atoms with Crippen molar-refractivity contribution in [2.24, 2.45) is 0 Å². The Labute approximate surface area is 177 Å². The summed E-state index contributed by atoms with van der Waals surface area (Å²) < 4.78 is 22.4. The fourth-order valence-electron chi connectivity index (χ4n) is 3.23. The van der Waals surface area contributed by atoms with Crippen molar-refractivity contribution in [2.75, 3.05) is 24.8 Å². The first-order valence-electron chi connectivity index (χ1n) is 9.57. The van der Waals surface area contributed by atoms with Gasteiger partial charge in [0.2, 0.25) is 6.79 Å². The first-order valence-corrected chi connectivity index (χ1v) is 11.1. The van der Waals surface area contributed by atoms with E-state index < -0.39 is 20.4 Å². The van der Waals surface area contributed by atoms with E-state index in [1.807, 2.05) is 12.1 Å². The third kappa shape index (κ3) is 4.74. The molecule has 9 nitrogen and oxygen atoms in total. The van der Waals surface area contributed by atoms with Gasteiger partial charge in [-0.1, -0.05) is 36.4 Å². The first-order chi connectivity index (χ1) is 14.9. The Balaban J connectivity index is 1.39. The van der Waals surface area contributed by atoms with Gasteiger partial charge in [0.15, 0.2) is 5.82 Å². The van der Waals surface area contributed by atoms with Crippen LogP contribution in [0.2, 0.25) is 0 Å². The molecule has 1 atom stereocenters. The average molecular weight is 441 g/mol. The van der Waals surface area contributed by atoms with Gasteiger partial charge >= 0.3 is 13.6 Å². The fourth-order valence-corrected chi connectivity index (χ4v) is 4.29. The van der Waals surface area contributed by atoms with Gasteiger partial charge in [-0.25, -0.2) is 9.78 Å². The largest absolute Gasteiger partial charge is 0.434 e. The summed E-state index contributed by atoms with van der Waals surface area (Å²) >= 11 is 0. The summed E-state index contributed by atoms with van der Waals surface area (Å²) in [5.74, 6) is -0.398. The topological polar surface area (TPSA) is 122 Å². The summed E-state index contributed by atoms with van der Waals surface area (Å²) in [6.07, 6.45) is 1.74. The second-order valence-electron chi connectivity index (χ2n) is 6.86. The Bertz CT molecular complexity index is 1240. The maximum Gasteiger partial charge on any atom is 0.357 e. The number of nitrogens with one attached hydrogen (secondary N) is 1. The third-order valence-corrected chi connectivity index (χ3v) is 6.44. The lowest BCUT2D eigenvalue weighted by Gasteiger charge is -2.28. The summed E-state index contributed by atoms with van der Waals surface area (Å²) in [7, 11) is -4.13. The van der Waals surface area contributed by atoms with Crippen molar-refractivity contribution < 1.29 is 23.5 Å². The highest BCUT2D eigenvalue weighted by Crippen LogP contribution is 2.53. The lowest BCUT2D eigenvalue weighted by Crippen LogP contribution is -2.34. The van der Waals surface area contributed by atoms with Crippen molar-refractivity contribution in [2.45, 2.75) is 6.42 Å². The summed E-state index contributed by atoms with van der Waals surface area (Å²) in [6, 6.07) is 15.5. The van der Waals surface area contributed by atoms with Gasteiger partial charge < -0.3 is 19.5 Å². The molecule has 1 aromatic heterocycles. The molecule has 0 saturated carbocycles. The number of hydrogen-bond acceptors (Lipinski definition) is 7. The minimum atomic E-state index is -4.13. The molecule has 0 radical (unpaired) electrons. The van der Waals surface area contributed by atoms with E-state index in [2.05, 4.69) is 9.97 Å². The molecule has 1 unspecified atom stereocenters. The Morgan fingerprint density at radius 1 is 1.16 bits per heavy atom. The molecule has 0 spiro atoms. The molecule has 0 aliphatic carbocycles. The highest BCUT2D eigenvalue weighted by atomic mass is 31.2. The quantitative estimate of drug-likeness (QED) is 0.340. The van der Waals surface area contributed by atoms with Crippen LogP contribution in [0, 0.1) is 0 Å². The van der Waals surface area contributed by atoms with Gasteiger partial charge in [0, 0.05) is 18.4 Å². The molecule has 10 heteroatoms. The van der Waals surface area contributed by atoms with Crippen LogP contribution in [0.15, 0.2) is 70.8 Å². The molecule has 4 rings (SSSR count). The fraction of sp³-hybridized carbons (Fsp3) is 0.190. The average Bonchev–Trinajstić information content (AvgIpc) is 2.79. The zero-order valence-electron chi connectivity index (χ0n) is 16.4. The number of carbonyl (C=O) groups is 1. The highest BCUT2D eigenvalue weighted by molar-refractivity contribution is 7.57. The molecule has 2 heterocycles. The molecule has 3 aromatic rings. The molecule has 1 aliphatic heterocycles. The predicted octanol–water partition coefficient (Wildman–Crippen LogP) is 3.03. The minimum absolute atomic E-state index is 0.203. The van der Waals surface area contributed by atoms with Crippen molar-refractivity contribution in [1.82, 2.24) is 9.97 Å². The van der Waals surface area contributed by atoms with Gasteiger partial charge in [0.25, 0.3) is 5.56 Å². The van der Waals surface area contributed by atoms with E-state index in [1.54, 1.807) is 53.4 Å². The van der Waals surface area contributed by atoms with Crippen LogP contribution in [0.5, 0.6) is 0 Å². The summed E-state index contributed by atoms with van der Waals surface area (Å²) in [4.78, 5) is 43.5. The molecule has 0 amide bonds. The maximum absolute atomic E-state index is 12.5. The molecule has 1 aliphatic rings. The Hall–Kier alpha value is -3.26. The maximum atomic E-state index is 12.5. The van der Waals surface area contributed by atoms with Gasteiger partial charge in [-0.15, -0.1) is 0 Å². The molecule has 0 bridgehead atoms. The van der Waals surface area contributed by atoms with Gasteiger partial charge in [-0.2, -0.15) is 0 Å². The molecule has 0 fully saturated rings. The number of H-pyrrole nitrogens is 1. The van der Waals surface area contributed by atoms with Crippen LogP contribution in [-0.2, 0) is 13.8 Å². The molecule has 2 aromatic carbocycles. The van der Waals surface area contributed by atoms with Crippen molar-refractivity contribution in [3.8, 4) is 0 Å². The number of nitrogens with zero attached hydrogens (tertiary/aromatic N) is 2. The standard InChI is InChI=1S/C21H20N3O6P/c25-20-19(22-17-8-4-5-9-18(17)23-20)24-12-10-16(11-13-24)31(27,28)30-14-29-21(26)15-6-2-1-3-7-15/h1-10H,11-14H2,(H,23,25)(H,27,28). The summed E-state index contributed by atoms with van der Waals surface area (Å²) in [5.41, 5.74) is 1.29. The number of para-hydroxylation sites is 2. The van der Waals surface area contributed by atoms with Crippen LogP contribution < -0.4 is 10.5 Å². The van der Waals surface area contributed by atoms with E-state index in [9.17, 15) is 19.0 Å². The third-order valence-electron chi connectivity index (χ3n) is 4.86. The molecule has 160 valence electrons. The van der Waals surface area contributed by atoms with Crippen molar-refractivity contribution in [1.29, 1.82) is 0 Å². The first kappa shape index (κ1) is 21.0. The predicted molar refractivity (Wildman–Crippen MR) is 115 cm³/mol. The normalized spacial score (nSPS) is 15.9. The number of aromatic nitrogens is 2. The molecule has 31 heavy (non-hydrogen) atoms. The highest BCUT2D eigenvalue weighted by Gasteiger charge is 2.30. The molecule has 2 N–H and O–H groups in total. The number of esters is 1. The van der Waals surface area contributed by atoms with E-state index >= 15 is 0 Å². The zero-order chi connectivity index (χ0) is 21.8. The Kier molecular flexibility index (Phi) is 5.99. The number of carbonyl (C=O) groups excluding carboxylic acids is 1. The zero-order valence-corrected chi connectivity index (χ0v) is 17.3. The van der Waals surface area contributed by atoms with E-state index in [-0.39, 0.29) is 29.7 Å². The number of benzene rings is 2. The number of anilines is 1. The molecular formula is C21H20N3O6P. The van der Waals surface area contributed by atoms with Gasteiger partial charge in [0.1, 0.15) is 0 Å². The second-order valence-corrected chi connectivity index (χ2v) is 8.74. The van der Waals surface area contributed by atoms with Crippen LogP contribution >= 0.6 is 7.60 Å². The lowest BCUT2D eigenvalue weighted by molar-refractivity contribution is 0.0131. The van der Waals surface area contributed by atoms with Crippen LogP contribution in [0.4, 0.5) is 5.82 Å². The smallest absolute Gasteiger partial charge is 0.357 e. The Morgan fingerprint density at radius 2 is 1.90 bits per heavy atom. The van der Waals surface area contributed by atoms with Crippen LogP contribution in [0.3, 0.4) is 0 Å². The van der Waals surface area contributed by atoms with Gasteiger partial charge in [-0.3, -0.25) is 13.9 Å². The van der Waals surface area contributed by atoms with Crippen molar-refractivity contribution in [3.05, 3.63) is 81.9 Å². The lowest BCUT2D eigenvalue weighted by atomic mass is 10.2. The SMILES string of the molecule is O=C(OCOP(=O)(O)C1=CCN(c2nc3ccccc3[nH]c2=O)CC1)c1ccccc1. The van der Waals surface area contributed by atoms with Crippen LogP contribution in [0.25, 0.3) is 11.0 Å². The van der Waals surface area contributed by atoms with Gasteiger partial charge in [0.05, 0.1) is 16.6 Å². The number of rotatable bonds is 6. The Morgan fingerprint density at radius 3 is 2.65 bits per heavy atom. The van der Waals surface area contributed by atoms with Crippen molar-refractivity contribution >= 4 is 30.4 Å². The summed E-state index contributed by atoms with van der Waals surface area (Å²) in [5, 5.41) is 0.205. The molecule has 0 saturated heterocycles. The number of ether oxygens (including phenoxy) is 1. The van der Waals surface area contributed by atoms with Crippen molar-refractivity contribution in [3.63, 3.8) is 0 Å². The number of hydrogen-bond donors (Lipinski definition) is 2. The second kappa shape index (κ2) is 8.85. The number of fused-ring (bicyclic) bond motifs is 1. The monoisotopic (exact) mass is 441 g/mol. The van der Waals surface area contributed by atoms with Crippen LogP contribution in [-0.4, -0.2) is 40.7 Å². The minimum Gasteiger partial charge on any atom is -0.434 e. The van der Waals surface area contributed by atoms with E-state index in [0.29, 0.717) is 23.1 Å². The van der Waals surface area contributed by atoms with E-state index in [1.165, 1.54) is 0 Å². The van der Waals surface area contributed by atoms with Gasteiger partial charge in [-0.05, 0) is 30.7 Å². The van der Waals surface area contributed by atoms with Crippen LogP contribution in [0.1, 0.15) is 16.8 Å². The number of aromatic amines is 1. The molecular weight excluding hydrogens is 421 g/mol. The van der Waals surface area contributed by atoms with E-state index in [4.69, 9.17) is 9.26 Å². The van der Waals surface area contributed by atoms with E-state index in [0.717, 1.165) is 0 Å².